The Bertz CT molecular complexity index is 928. The van der Waals surface area contributed by atoms with Gasteiger partial charge in [-0.25, -0.2) is 13.8 Å². The number of nitrogens with zero attached hydrogens (tertiary/aromatic N) is 1. The van der Waals surface area contributed by atoms with Crippen LogP contribution in [-0.2, 0) is 33.4 Å². The molecule has 1 spiro atoms. The molecule has 27 heavy (non-hydrogen) atoms. The van der Waals surface area contributed by atoms with E-state index in [1.165, 1.54) is 37.1 Å². The molecule has 0 aliphatic carbocycles. The van der Waals surface area contributed by atoms with Gasteiger partial charge in [-0.15, -0.1) is 0 Å². The first-order valence-electron chi connectivity index (χ1n) is 8.50. The van der Waals surface area contributed by atoms with Crippen molar-refractivity contribution in [1.82, 2.24) is 4.90 Å². The zero-order valence-electron chi connectivity index (χ0n) is 15.0. The highest BCUT2D eigenvalue weighted by molar-refractivity contribution is 7.86. The summed E-state index contributed by atoms with van der Waals surface area (Å²) in [6.07, 6.45) is 2.29. The van der Waals surface area contributed by atoms with Gasteiger partial charge in [0.1, 0.15) is 0 Å². The molecular formula is C18H19NO7S. The predicted molar refractivity (Wildman–Crippen MR) is 91.3 cm³/mol. The number of cyclic esters (lactones) is 2. The smallest absolute Gasteiger partial charge is 0.347 e. The zero-order chi connectivity index (χ0) is 19.6. The van der Waals surface area contributed by atoms with Gasteiger partial charge in [-0.3, -0.25) is 0 Å². The van der Waals surface area contributed by atoms with Gasteiger partial charge in [-0.1, -0.05) is 23.8 Å². The summed E-state index contributed by atoms with van der Waals surface area (Å²) in [7, 11) is -4.08. The number of hydrogen-bond donors (Lipinski definition) is 0. The molecule has 0 saturated carbocycles. The van der Waals surface area contributed by atoms with Gasteiger partial charge in [-0.2, -0.15) is 8.42 Å². The Morgan fingerprint density at radius 1 is 1.11 bits per heavy atom. The van der Waals surface area contributed by atoms with Crippen molar-refractivity contribution in [3.8, 4) is 0 Å². The van der Waals surface area contributed by atoms with E-state index in [4.69, 9.17) is 13.7 Å². The lowest BCUT2D eigenvalue weighted by atomic mass is 9.86. The van der Waals surface area contributed by atoms with E-state index >= 15 is 0 Å². The van der Waals surface area contributed by atoms with E-state index in [0.29, 0.717) is 0 Å². The molecule has 4 rings (SSSR count). The first-order valence-corrected chi connectivity index (χ1v) is 9.91. The third-order valence-corrected chi connectivity index (χ3v) is 6.36. The predicted octanol–water partition coefficient (Wildman–Crippen LogP) is 1.45. The van der Waals surface area contributed by atoms with Crippen LogP contribution < -0.4 is 0 Å². The maximum atomic E-state index is 12.7. The Morgan fingerprint density at radius 3 is 2.30 bits per heavy atom. The van der Waals surface area contributed by atoms with Crippen molar-refractivity contribution in [2.45, 2.75) is 49.6 Å². The Hall–Kier alpha value is -2.39. The van der Waals surface area contributed by atoms with Crippen LogP contribution in [0.25, 0.3) is 0 Å². The number of aryl methyl sites for hydroxylation is 1. The van der Waals surface area contributed by atoms with Crippen LogP contribution in [0.15, 0.2) is 41.4 Å². The summed E-state index contributed by atoms with van der Waals surface area (Å²) in [5, 5.41) is 0. The number of hydrogen-bond acceptors (Lipinski definition) is 8. The van der Waals surface area contributed by atoms with Crippen molar-refractivity contribution in [3.05, 3.63) is 42.1 Å². The fourth-order valence-corrected chi connectivity index (χ4v) is 4.80. The van der Waals surface area contributed by atoms with Crippen molar-refractivity contribution in [1.29, 1.82) is 0 Å². The van der Waals surface area contributed by atoms with E-state index < -0.39 is 45.5 Å². The van der Waals surface area contributed by atoms with E-state index in [0.717, 1.165) is 5.56 Å². The van der Waals surface area contributed by atoms with Gasteiger partial charge in [0.25, 0.3) is 15.9 Å². The van der Waals surface area contributed by atoms with Crippen LogP contribution in [0.4, 0.5) is 0 Å². The maximum Gasteiger partial charge on any atom is 0.347 e. The molecule has 0 amide bonds. The summed E-state index contributed by atoms with van der Waals surface area (Å²) in [6.45, 7) is 4.77. The van der Waals surface area contributed by atoms with Gasteiger partial charge < -0.3 is 14.4 Å². The molecule has 2 saturated heterocycles. The second-order valence-electron chi connectivity index (χ2n) is 7.35. The number of ether oxygens (including phenoxy) is 2. The second-order valence-corrected chi connectivity index (χ2v) is 8.93. The highest BCUT2D eigenvalue weighted by Gasteiger charge is 2.70. The maximum absolute atomic E-state index is 12.7. The molecule has 8 nitrogen and oxygen atoms in total. The van der Waals surface area contributed by atoms with Crippen LogP contribution in [0, 0.1) is 12.8 Å². The summed E-state index contributed by atoms with van der Waals surface area (Å²) in [6, 6.07) is 6.22. The minimum absolute atomic E-state index is 0.00466. The molecule has 0 aromatic heterocycles. The fourth-order valence-electron chi connectivity index (χ4n) is 3.76. The van der Waals surface area contributed by atoms with Crippen LogP contribution in [0.3, 0.4) is 0 Å². The van der Waals surface area contributed by atoms with Crippen LogP contribution >= 0.6 is 0 Å². The van der Waals surface area contributed by atoms with Gasteiger partial charge in [0.15, 0.2) is 6.23 Å². The van der Waals surface area contributed by atoms with Crippen molar-refractivity contribution >= 4 is 22.1 Å². The molecule has 0 radical (unpaired) electrons. The molecule has 1 aromatic rings. The van der Waals surface area contributed by atoms with E-state index in [-0.39, 0.29) is 11.3 Å². The summed E-state index contributed by atoms with van der Waals surface area (Å²) >= 11 is 0. The van der Waals surface area contributed by atoms with E-state index in [1.54, 1.807) is 18.2 Å². The highest BCUT2D eigenvalue weighted by Crippen LogP contribution is 2.50. The molecular weight excluding hydrogens is 374 g/mol. The van der Waals surface area contributed by atoms with Gasteiger partial charge in [-0.05, 0) is 25.3 Å². The number of benzene rings is 1. The fraction of sp³-hybridized carbons (Fsp3) is 0.444. The van der Waals surface area contributed by atoms with Gasteiger partial charge in [0.2, 0.25) is 5.54 Å². The van der Waals surface area contributed by atoms with E-state index in [9.17, 15) is 18.0 Å². The number of esters is 2. The summed E-state index contributed by atoms with van der Waals surface area (Å²) in [4.78, 5) is 26.7. The van der Waals surface area contributed by atoms with Crippen LogP contribution in [-0.4, -0.2) is 42.8 Å². The van der Waals surface area contributed by atoms with Crippen LogP contribution in [0.2, 0.25) is 0 Å². The SMILES string of the molecule is Cc1ccc(S(=O)(=O)OC2C[C@H]3C=CN2C32C(=O)OC(C)(C)OC2=O)cc1. The van der Waals surface area contributed by atoms with Crippen molar-refractivity contribution in [2.75, 3.05) is 0 Å². The van der Waals surface area contributed by atoms with Gasteiger partial charge in [0.05, 0.1) is 4.90 Å². The molecule has 2 fully saturated rings. The highest BCUT2D eigenvalue weighted by atomic mass is 32.2. The normalized spacial score (nSPS) is 27.7. The van der Waals surface area contributed by atoms with Crippen molar-refractivity contribution in [2.24, 2.45) is 5.92 Å². The molecule has 144 valence electrons. The van der Waals surface area contributed by atoms with E-state index in [1.807, 2.05) is 6.92 Å². The van der Waals surface area contributed by atoms with Crippen molar-refractivity contribution in [3.63, 3.8) is 0 Å². The lowest BCUT2D eigenvalue weighted by Gasteiger charge is -2.42. The van der Waals surface area contributed by atoms with Crippen molar-refractivity contribution < 1.29 is 31.7 Å². The van der Waals surface area contributed by atoms with Crippen LogP contribution in [0.5, 0.6) is 0 Å². The largest absolute Gasteiger partial charge is 0.421 e. The third kappa shape index (κ3) is 2.56. The molecule has 2 atom stereocenters. The Balaban J connectivity index is 1.63. The molecule has 0 N–H and O–H groups in total. The molecule has 3 aliphatic rings. The Morgan fingerprint density at radius 2 is 1.70 bits per heavy atom. The summed E-state index contributed by atoms with van der Waals surface area (Å²) in [5.41, 5.74) is -0.821. The molecule has 9 heteroatoms. The molecule has 3 heterocycles. The monoisotopic (exact) mass is 393 g/mol. The average Bonchev–Trinajstić information content (AvgIpc) is 3.06. The lowest BCUT2D eigenvalue weighted by Crippen LogP contribution is -2.65. The minimum atomic E-state index is -4.08. The second kappa shape index (κ2) is 5.56. The lowest BCUT2D eigenvalue weighted by molar-refractivity contribution is -0.251. The standard InChI is InChI=1S/C18H19NO7S/c1-11-4-6-13(7-5-11)27(22,23)26-14-10-12-8-9-19(14)18(12)15(20)24-17(2,3)25-16(18)21/h4-9,12,14H,10H2,1-3H3/t12-,14?/m1/s1. The Labute approximate surface area is 156 Å². The minimum Gasteiger partial charge on any atom is -0.421 e. The quantitative estimate of drug-likeness (QED) is 0.432. The molecule has 1 unspecified atom stereocenters. The third-order valence-electron chi connectivity index (χ3n) is 5.04. The van der Waals surface area contributed by atoms with Gasteiger partial charge in [0, 0.05) is 26.2 Å². The first-order chi connectivity index (χ1) is 12.6. The average molecular weight is 393 g/mol. The van der Waals surface area contributed by atoms with E-state index in [2.05, 4.69) is 0 Å². The molecule has 2 bridgehead atoms. The summed E-state index contributed by atoms with van der Waals surface area (Å²) < 4.78 is 41.1. The number of carbonyl (C=O) groups is 2. The molecule has 3 aliphatic heterocycles. The molecule has 1 aromatic carbocycles. The summed E-state index contributed by atoms with van der Waals surface area (Å²) in [5.74, 6) is -3.49. The zero-order valence-corrected chi connectivity index (χ0v) is 15.9. The first kappa shape index (κ1) is 18.0. The Kier molecular flexibility index (Phi) is 3.70. The van der Waals surface area contributed by atoms with Crippen LogP contribution in [0.1, 0.15) is 25.8 Å². The number of rotatable bonds is 3. The topological polar surface area (TPSA) is 99.2 Å². The number of carbonyl (C=O) groups excluding carboxylic acids is 2. The van der Waals surface area contributed by atoms with Gasteiger partial charge >= 0.3 is 11.9 Å².